The fourth-order valence-electron chi connectivity index (χ4n) is 2.64. The maximum Gasteiger partial charge on any atom is 0.00793 e. The Morgan fingerprint density at radius 3 is 2.81 bits per heavy atom. The van der Waals surface area contributed by atoms with Crippen molar-refractivity contribution in [2.24, 2.45) is 11.7 Å². The number of hydrogen-bond donors (Lipinski definition) is 1. The number of unbranched alkanes of at least 4 members (excludes halogenated alkanes) is 1. The second-order valence-electron chi connectivity index (χ2n) is 5.26. The molecular weight excluding hydrogens is 196 g/mol. The second kappa shape index (κ2) is 7.86. The Labute approximate surface area is 101 Å². The SMILES string of the molecule is C=CCCCN(C)CC1CCCCCC1N. The predicted molar refractivity (Wildman–Crippen MR) is 71.5 cm³/mol. The largest absolute Gasteiger partial charge is 0.327 e. The highest BCUT2D eigenvalue weighted by Crippen LogP contribution is 2.22. The first-order valence-corrected chi connectivity index (χ1v) is 6.79. The van der Waals surface area contributed by atoms with Gasteiger partial charge in [-0.3, -0.25) is 0 Å². The summed E-state index contributed by atoms with van der Waals surface area (Å²) in [6.45, 7) is 6.11. The summed E-state index contributed by atoms with van der Waals surface area (Å²) in [4.78, 5) is 2.44. The van der Waals surface area contributed by atoms with Crippen molar-refractivity contribution >= 4 is 0 Å². The summed E-state index contributed by atoms with van der Waals surface area (Å²) >= 11 is 0. The predicted octanol–water partition coefficient (Wildman–Crippen LogP) is 2.79. The van der Waals surface area contributed by atoms with E-state index < -0.39 is 0 Å². The van der Waals surface area contributed by atoms with Gasteiger partial charge < -0.3 is 10.6 Å². The highest BCUT2D eigenvalue weighted by Gasteiger charge is 2.21. The van der Waals surface area contributed by atoms with Crippen LogP contribution in [0.1, 0.15) is 44.9 Å². The molecule has 0 heterocycles. The molecule has 2 nitrogen and oxygen atoms in total. The van der Waals surface area contributed by atoms with Crippen molar-refractivity contribution in [3.8, 4) is 0 Å². The smallest absolute Gasteiger partial charge is 0.00793 e. The third-order valence-corrected chi connectivity index (χ3v) is 3.71. The lowest BCUT2D eigenvalue weighted by Crippen LogP contribution is -2.37. The second-order valence-corrected chi connectivity index (χ2v) is 5.26. The lowest BCUT2D eigenvalue weighted by molar-refractivity contribution is 0.241. The Balaban J connectivity index is 2.24. The first-order valence-electron chi connectivity index (χ1n) is 6.79. The average molecular weight is 224 g/mol. The van der Waals surface area contributed by atoms with E-state index in [0.29, 0.717) is 6.04 Å². The van der Waals surface area contributed by atoms with E-state index in [0.717, 1.165) is 12.3 Å². The molecule has 0 bridgehead atoms. The highest BCUT2D eigenvalue weighted by atomic mass is 15.1. The average Bonchev–Trinajstić information content (AvgIpc) is 2.45. The van der Waals surface area contributed by atoms with Crippen LogP contribution in [-0.4, -0.2) is 31.1 Å². The number of nitrogens with two attached hydrogens (primary N) is 1. The first kappa shape index (κ1) is 13.7. The zero-order valence-corrected chi connectivity index (χ0v) is 10.8. The van der Waals surface area contributed by atoms with E-state index in [-0.39, 0.29) is 0 Å². The molecular formula is C14H28N2. The fourth-order valence-corrected chi connectivity index (χ4v) is 2.64. The van der Waals surface area contributed by atoms with Gasteiger partial charge in [0.05, 0.1) is 0 Å². The molecule has 0 radical (unpaired) electrons. The van der Waals surface area contributed by atoms with Gasteiger partial charge in [-0.1, -0.05) is 25.3 Å². The summed E-state index contributed by atoms with van der Waals surface area (Å²) in [6, 6.07) is 0.435. The molecule has 1 fully saturated rings. The third-order valence-electron chi connectivity index (χ3n) is 3.71. The molecule has 0 aromatic rings. The van der Waals surface area contributed by atoms with E-state index in [4.69, 9.17) is 5.73 Å². The van der Waals surface area contributed by atoms with Crippen LogP contribution in [-0.2, 0) is 0 Å². The van der Waals surface area contributed by atoms with Gasteiger partial charge in [-0.25, -0.2) is 0 Å². The standard InChI is InChI=1S/C14H28N2/c1-3-4-8-11-16(2)12-13-9-6-5-7-10-14(13)15/h3,13-14H,1,4-12,15H2,2H3. The van der Waals surface area contributed by atoms with Crippen molar-refractivity contribution in [2.75, 3.05) is 20.1 Å². The topological polar surface area (TPSA) is 29.3 Å². The Bertz CT molecular complexity index is 191. The number of nitrogens with zero attached hydrogens (tertiary/aromatic N) is 1. The molecule has 0 saturated heterocycles. The normalized spacial score (nSPS) is 26.7. The van der Waals surface area contributed by atoms with Crippen molar-refractivity contribution in [1.82, 2.24) is 4.90 Å². The first-order chi connectivity index (χ1) is 7.74. The van der Waals surface area contributed by atoms with Gasteiger partial charge in [0.1, 0.15) is 0 Å². The highest BCUT2D eigenvalue weighted by molar-refractivity contribution is 4.78. The molecule has 2 N–H and O–H groups in total. The quantitative estimate of drug-likeness (QED) is 0.427. The molecule has 0 aromatic heterocycles. The third kappa shape index (κ3) is 5.13. The maximum absolute atomic E-state index is 6.24. The van der Waals surface area contributed by atoms with Gasteiger partial charge in [0, 0.05) is 12.6 Å². The van der Waals surface area contributed by atoms with Crippen LogP contribution in [0.2, 0.25) is 0 Å². The minimum atomic E-state index is 0.435. The monoisotopic (exact) mass is 224 g/mol. The molecule has 2 unspecified atom stereocenters. The number of rotatable bonds is 6. The summed E-state index contributed by atoms with van der Waals surface area (Å²) in [5.74, 6) is 0.719. The van der Waals surface area contributed by atoms with Crippen molar-refractivity contribution in [3.63, 3.8) is 0 Å². The van der Waals surface area contributed by atoms with Crippen molar-refractivity contribution < 1.29 is 0 Å². The van der Waals surface area contributed by atoms with Crippen molar-refractivity contribution in [3.05, 3.63) is 12.7 Å². The summed E-state index contributed by atoms with van der Waals surface area (Å²) in [5.41, 5.74) is 6.24. The van der Waals surface area contributed by atoms with E-state index in [1.807, 2.05) is 6.08 Å². The molecule has 0 spiro atoms. The molecule has 1 rings (SSSR count). The van der Waals surface area contributed by atoms with Gasteiger partial charge in [-0.2, -0.15) is 0 Å². The molecule has 1 aliphatic rings. The molecule has 0 amide bonds. The van der Waals surface area contributed by atoms with E-state index in [1.165, 1.54) is 51.6 Å². The lowest BCUT2D eigenvalue weighted by atomic mass is 9.95. The molecule has 1 saturated carbocycles. The fraction of sp³-hybridized carbons (Fsp3) is 0.857. The molecule has 94 valence electrons. The van der Waals surface area contributed by atoms with Crippen molar-refractivity contribution in [2.45, 2.75) is 51.0 Å². The van der Waals surface area contributed by atoms with Crippen molar-refractivity contribution in [1.29, 1.82) is 0 Å². The summed E-state index contributed by atoms with van der Waals surface area (Å²) < 4.78 is 0. The minimum absolute atomic E-state index is 0.435. The summed E-state index contributed by atoms with van der Waals surface area (Å²) in [5, 5.41) is 0. The zero-order valence-electron chi connectivity index (χ0n) is 10.8. The van der Waals surface area contributed by atoms with E-state index in [2.05, 4.69) is 18.5 Å². The van der Waals surface area contributed by atoms with Gasteiger partial charge in [-0.05, 0) is 45.2 Å². The van der Waals surface area contributed by atoms with E-state index in [1.54, 1.807) is 0 Å². The zero-order chi connectivity index (χ0) is 11.8. The van der Waals surface area contributed by atoms with Crippen LogP contribution in [0.5, 0.6) is 0 Å². The van der Waals surface area contributed by atoms with Gasteiger partial charge in [0.2, 0.25) is 0 Å². The molecule has 1 aliphatic carbocycles. The lowest BCUT2D eigenvalue weighted by Gasteiger charge is -2.27. The van der Waals surface area contributed by atoms with Gasteiger partial charge in [-0.15, -0.1) is 6.58 Å². The Hall–Kier alpha value is -0.340. The molecule has 2 heteroatoms. The summed E-state index contributed by atoms with van der Waals surface area (Å²) in [7, 11) is 2.22. The minimum Gasteiger partial charge on any atom is -0.327 e. The maximum atomic E-state index is 6.24. The van der Waals surface area contributed by atoms with Crippen LogP contribution in [0.25, 0.3) is 0 Å². The van der Waals surface area contributed by atoms with E-state index in [9.17, 15) is 0 Å². The Morgan fingerprint density at radius 1 is 1.31 bits per heavy atom. The Morgan fingerprint density at radius 2 is 2.06 bits per heavy atom. The van der Waals surface area contributed by atoms with Crippen LogP contribution in [0.4, 0.5) is 0 Å². The van der Waals surface area contributed by atoms with Gasteiger partial charge >= 0.3 is 0 Å². The molecule has 16 heavy (non-hydrogen) atoms. The number of hydrogen-bond acceptors (Lipinski definition) is 2. The van der Waals surface area contributed by atoms with Crippen LogP contribution in [0.3, 0.4) is 0 Å². The Kier molecular flexibility index (Phi) is 6.74. The van der Waals surface area contributed by atoms with Crippen LogP contribution in [0.15, 0.2) is 12.7 Å². The van der Waals surface area contributed by atoms with Crippen LogP contribution < -0.4 is 5.73 Å². The molecule has 2 atom stereocenters. The van der Waals surface area contributed by atoms with Gasteiger partial charge in [0.25, 0.3) is 0 Å². The van der Waals surface area contributed by atoms with Gasteiger partial charge in [0.15, 0.2) is 0 Å². The molecule has 0 aliphatic heterocycles. The van der Waals surface area contributed by atoms with Crippen LogP contribution >= 0.6 is 0 Å². The summed E-state index contributed by atoms with van der Waals surface area (Å²) in [6.07, 6.45) is 11.0. The molecule has 0 aromatic carbocycles. The van der Waals surface area contributed by atoms with E-state index >= 15 is 0 Å². The number of allylic oxidation sites excluding steroid dienone is 1. The van der Waals surface area contributed by atoms with Crippen LogP contribution in [0, 0.1) is 5.92 Å².